The lowest BCUT2D eigenvalue weighted by atomic mass is 9.95. The van der Waals surface area contributed by atoms with Gasteiger partial charge in [0.25, 0.3) is 5.91 Å². The molecule has 1 aliphatic heterocycles. The number of carbonyl (C=O) groups excluding carboxylic acids is 2. The Morgan fingerprint density at radius 1 is 1.03 bits per heavy atom. The van der Waals surface area contributed by atoms with Crippen molar-refractivity contribution in [3.8, 4) is 0 Å². The predicted molar refractivity (Wildman–Crippen MR) is 117 cm³/mol. The molecular weight excluding hydrogens is 362 g/mol. The maximum Gasteiger partial charge on any atom is 0.253 e. The van der Waals surface area contributed by atoms with Crippen LogP contribution in [0.5, 0.6) is 0 Å². The van der Waals surface area contributed by atoms with Gasteiger partial charge in [-0.2, -0.15) is 0 Å². The summed E-state index contributed by atoms with van der Waals surface area (Å²) in [4.78, 5) is 27.6. The van der Waals surface area contributed by atoms with E-state index in [1.54, 1.807) is 12.1 Å². The summed E-state index contributed by atoms with van der Waals surface area (Å²) in [5.74, 6) is -0.151. The molecule has 2 N–H and O–H groups in total. The van der Waals surface area contributed by atoms with Crippen molar-refractivity contribution in [2.24, 2.45) is 5.92 Å². The van der Waals surface area contributed by atoms with Gasteiger partial charge >= 0.3 is 0 Å². The highest BCUT2D eigenvalue weighted by Gasteiger charge is 2.26. The summed E-state index contributed by atoms with van der Waals surface area (Å²) in [6.07, 6.45) is 2.55. The van der Waals surface area contributed by atoms with E-state index >= 15 is 0 Å². The van der Waals surface area contributed by atoms with E-state index in [0.717, 1.165) is 38.9 Å². The van der Waals surface area contributed by atoms with Gasteiger partial charge in [-0.05, 0) is 57.0 Å². The lowest BCUT2D eigenvalue weighted by Crippen LogP contribution is -2.38. The van der Waals surface area contributed by atoms with Crippen LogP contribution >= 0.6 is 0 Å². The monoisotopic (exact) mass is 393 g/mol. The third-order valence-electron chi connectivity index (χ3n) is 5.45. The zero-order valence-corrected chi connectivity index (χ0v) is 17.4. The first kappa shape index (κ1) is 21.1. The minimum absolute atomic E-state index is 0.00993. The van der Waals surface area contributed by atoms with Gasteiger partial charge in [-0.3, -0.25) is 14.5 Å². The van der Waals surface area contributed by atoms with Crippen LogP contribution in [0.25, 0.3) is 0 Å². The van der Waals surface area contributed by atoms with Gasteiger partial charge in [0.15, 0.2) is 0 Å². The minimum Gasteiger partial charge on any atom is -0.352 e. The van der Waals surface area contributed by atoms with Gasteiger partial charge in [-0.25, -0.2) is 0 Å². The van der Waals surface area contributed by atoms with Crippen molar-refractivity contribution in [3.63, 3.8) is 0 Å². The van der Waals surface area contributed by atoms with Crippen LogP contribution in [0.15, 0.2) is 48.5 Å². The highest BCUT2D eigenvalue weighted by molar-refractivity contribution is 6.04. The Kier molecular flexibility index (Phi) is 7.42. The number of hydrogen-bond acceptors (Lipinski definition) is 3. The molecule has 154 valence electrons. The maximum atomic E-state index is 12.8. The van der Waals surface area contributed by atoms with Crippen LogP contribution in [0, 0.1) is 12.8 Å². The topological polar surface area (TPSA) is 61.4 Å². The van der Waals surface area contributed by atoms with Crippen molar-refractivity contribution in [1.29, 1.82) is 0 Å². The zero-order valence-electron chi connectivity index (χ0n) is 17.4. The van der Waals surface area contributed by atoms with Gasteiger partial charge in [-0.15, -0.1) is 0 Å². The molecule has 3 rings (SSSR count). The standard InChI is InChI=1S/C24H31N3O2/c1-3-14-25-24(29)21-6-4-5-7-22(21)26-23(28)20-12-15-27(16-13-20)17-19-10-8-18(2)9-11-19/h4-11,20H,3,12-17H2,1-2H3,(H,25,29)(H,26,28). The molecule has 0 spiro atoms. The van der Waals surface area contributed by atoms with Gasteiger partial charge in [0.2, 0.25) is 5.91 Å². The number of likely N-dealkylation sites (tertiary alicyclic amines) is 1. The fourth-order valence-corrected chi connectivity index (χ4v) is 3.66. The van der Waals surface area contributed by atoms with Crippen LogP contribution in [0.2, 0.25) is 0 Å². The van der Waals surface area contributed by atoms with E-state index in [9.17, 15) is 9.59 Å². The van der Waals surface area contributed by atoms with Crippen LogP contribution in [-0.2, 0) is 11.3 Å². The number of nitrogens with one attached hydrogen (secondary N) is 2. The normalized spacial score (nSPS) is 15.1. The van der Waals surface area contributed by atoms with Crippen LogP contribution in [-0.4, -0.2) is 36.3 Å². The molecule has 0 radical (unpaired) electrons. The molecule has 5 nitrogen and oxygen atoms in total. The largest absolute Gasteiger partial charge is 0.352 e. The Morgan fingerprint density at radius 3 is 2.41 bits per heavy atom. The second-order valence-corrected chi connectivity index (χ2v) is 7.83. The average molecular weight is 394 g/mol. The summed E-state index contributed by atoms with van der Waals surface area (Å²) < 4.78 is 0. The SMILES string of the molecule is CCCNC(=O)c1ccccc1NC(=O)C1CCN(Cc2ccc(C)cc2)CC1. The third-order valence-corrected chi connectivity index (χ3v) is 5.45. The van der Waals surface area contributed by atoms with Gasteiger partial charge < -0.3 is 10.6 Å². The van der Waals surface area contributed by atoms with E-state index < -0.39 is 0 Å². The summed E-state index contributed by atoms with van der Waals surface area (Å²) >= 11 is 0. The van der Waals surface area contributed by atoms with Crippen molar-refractivity contribution in [3.05, 3.63) is 65.2 Å². The van der Waals surface area contributed by atoms with E-state index in [0.29, 0.717) is 17.8 Å². The van der Waals surface area contributed by atoms with Crippen molar-refractivity contribution in [2.45, 2.75) is 39.7 Å². The Hall–Kier alpha value is -2.66. The first-order valence-electron chi connectivity index (χ1n) is 10.5. The molecule has 0 aromatic heterocycles. The number of aryl methyl sites for hydroxylation is 1. The summed E-state index contributed by atoms with van der Waals surface area (Å²) in [5, 5.41) is 5.87. The van der Waals surface area contributed by atoms with Crippen LogP contribution in [0.4, 0.5) is 5.69 Å². The molecule has 1 fully saturated rings. The van der Waals surface area contributed by atoms with Gasteiger partial charge in [-0.1, -0.05) is 48.9 Å². The molecule has 2 aromatic rings. The number of piperidine rings is 1. The highest BCUT2D eigenvalue weighted by atomic mass is 16.2. The number of rotatable bonds is 7. The molecule has 29 heavy (non-hydrogen) atoms. The molecule has 2 amide bonds. The molecule has 1 saturated heterocycles. The van der Waals surface area contributed by atoms with E-state index in [2.05, 4.69) is 46.7 Å². The maximum absolute atomic E-state index is 12.8. The molecule has 5 heteroatoms. The highest BCUT2D eigenvalue weighted by Crippen LogP contribution is 2.22. The summed E-state index contributed by atoms with van der Waals surface area (Å²) in [6, 6.07) is 15.9. The average Bonchev–Trinajstić information content (AvgIpc) is 2.74. The number of para-hydroxylation sites is 1. The van der Waals surface area contributed by atoms with Crippen molar-refractivity contribution < 1.29 is 9.59 Å². The van der Waals surface area contributed by atoms with E-state index in [4.69, 9.17) is 0 Å². The van der Waals surface area contributed by atoms with Crippen LogP contribution in [0.3, 0.4) is 0 Å². The van der Waals surface area contributed by atoms with Crippen molar-refractivity contribution in [1.82, 2.24) is 10.2 Å². The number of carbonyl (C=O) groups is 2. The Balaban J connectivity index is 1.53. The molecule has 1 aliphatic rings. The molecule has 0 bridgehead atoms. The van der Waals surface area contributed by atoms with E-state index in [1.807, 2.05) is 19.1 Å². The molecule has 1 heterocycles. The minimum atomic E-state index is -0.143. The van der Waals surface area contributed by atoms with Crippen molar-refractivity contribution >= 4 is 17.5 Å². The molecular formula is C24H31N3O2. The lowest BCUT2D eigenvalue weighted by Gasteiger charge is -2.31. The Morgan fingerprint density at radius 2 is 1.72 bits per heavy atom. The number of anilines is 1. The first-order chi connectivity index (χ1) is 14.1. The second kappa shape index (κ2) is 10.2. The summed E-state index contributed by atoms with van der Waals surface area (Å²) in [6.45, 7) is 7.48. The number of benzene rings is 2. The summed E-state index contributed by atoms with van der Waals surface area (Å²) in [5.41, 5.74) is 3.69. The second-order valence-electron chi connectivity index (χ2n) is 7.83. The predicted octanol–water partition coefficient (Wildman–Crippen LogP) is 3.99. The Bertz CT molecular complexity index is 824. The molecule has 0 unspecified atom stereocenters. The fraction of sp³-hybridized carbons (Fsp3) is 0.417. The van der Waals surface area contributed by atoms with Crippen LogP contribution in [0.1, 0.15) is 47.7 Å². The third kappa shape index (κ3) is 5.91. The lowest BCUT2D eigenvalue weighted by molar-refractivity contribution is -0.121. The first-order valence-corrected chi connectivity index (χ1v) is 10.5. The molecule has 2 aromatic carbocycles. The van der Waals surface area contributed by atoms with Gasteiger partial charge in [0, 0.05) is 19.0 Å². The van der Waals surface area contributed by atoms with Crippen LogP contribution < -0.4 is 10.6 Å². The van der Waals surface area contributed by atoms with Gasteiger partial charge in [0.05, 0.1) is 11.3 Å². The van der Waals surface area contributed by atoms with Crippen molar-refractivity contribution in [2.75, 3.05) is 25.0 Å². The molecule has 0 saturated carbocycles. The van der Waals surface area contributed by atoms with E-state index in [-0.39, 0.29) is 17.7 Å². The molecule has 0 atom stereocenters. The van der Waals surface area contributed by atoms with E-state index in [1.165, 1.54) is 11.1 Å². The molecule has 0 aliphatic carbocycles. The fourth-order valence-electron chi connectivity index (χ4n) is 3.66. The number of hydrogen-bond donors (Lipinski definition) is 2. The smallest absolute Gasteiger partial charge is 0.253 e. The number of amides is 2. The number of nitrogens with zero attached hydrogens (tertiary/aromatic N) is 1. The quantitative estimate of drug-likeness (QED) is 0.748. The zero-order chi connectivity index (χ0) is 20.6. The van der Waals surface area contributed by atoms with Gasteiger partial charge in [0.1, 0.15) is 0 Å². The Labute approximate surface area is 173 Å². The summed E-state index contributed by atoms with van der Waals surface area (Å²) in [7, 11) is 0.